The molecule has 2 aromatic rings. The van der Waals surface area contributed by atoms with E-state index >= 15 is 0 Å². The summed E-state index contributed by atoms with van der Waals surface area (Å²) < 4.78 is 31.7. The molecule has 0 bridgehead atoms. The normalized spacial score (nSPS) is 15.6. The number of amides is 1. The minimum atomic E-state index is -5.08. The number of hydrogen-bond donors (Lipinski definition) is 3. The number of carboxylic acids is 1. The predicted molar refractivity (Wildman–Crippen MR) is 104 cm³/mol. The van der Waals surface area contributed by atoms with Gasteiger partial charge in [0.2, 0.25) is 0 Å². The predicted octanol–water partition coefficient (Wildman–Crippen LogP) is 3.29. The van der Waals surface area contributed by atoms with Gasteiger partial charge in [0.05, 0.1) is 16.9 Å². The standard InChI is InChI=1S/C18H21N3O2.C2HF3O2/c1-12-8-9-21(17-15(12)4-3-5-16(17)22)18(23)13-6-7-14(11-19-2)20-10-13;3-2(4,5)1(6)7/h3-7,10,12,19,22H,8-9,11H2,1-2H3;(H,6,7). The van der Waals surface area contributed by atoms with E-state index in [1.807, 2.05) is 25.2 Å². The van der Waals surface area contributed by atoms with Crippen molar-refractivity contribution in [2.24, 2.45) is 0 Å². The summed E-state index contributed by atoms with van der Waals surface area (Å²) in [5.74, 6) is -2.39. The number of halogens is 3. The van der Waals surface area contributed by atoms with Crippen molar-refractivity contribution in [3.63, 3.8) is 0 Å². The number of rotatable bonds is 3. The quantitative estimate of drug-likeness (QED) is 0.698. The van der Waals surface area contributed by atoms with Crippen molar-refractivity contribution in [2.75, 3.05) is 18.5 Å². The van der Waals surface area contributed by atoms with Crippen LogP contribution in [0.15, 0.2) is 36.5 Å². The van der Waals surface area contributed by atoms with Crippen molar-refractivity contribution in [1.29, 1.82) is 0 Å². The first-order valence-corrected chi connectivity index (χ1v) is 9.09. The summed E-state index contributed by atoms with van der Waals surface area (Å²) in [6, 6.07) is 9.08. The zero-order valence-corrected chi connectivity index (χ0v) is 16.4. The average molecular weight is 425 g/mol. The van der Waals surface area contributed by atoms with Crippen LogP contribution in [-0.4, -0.2) is 46.8 Å². The summed E-state index contributed by atoms with van der Waals surface area (Å²) in [4.78, 5) is 27.7. The van der Waals surface area contributed by atoms with Gasteiger partial charge in [-0.3, -0.25) is 9.78 Å². The Labute approximate surface area is 171 Å². The molecule has 1 aromatic carbocycles. The Hall–Kier alpha value is -3.14. The Morgan fingerprint density at radius 3 is 2.47 bits per heavy atom. The van der Waals surface area contributed by atoms with E-state index in [4.69, 9.17) is 9.90 Å². The molecule has 1 aromatic heterocycles. The molecular weight excluding hydrogens is 403 g/mol. The van der Waals surface area contributed by atoms with E-state index in [9.17, 15) is 23.1 Å². The number of phenols is 1. The van der Waals surface area contributed by atoms with Crippen LogP contribution in [0.2, 0.25) is 0 Å². The SMILES string of the molecule is CNCc1ccc(C(=O)N2CCC(C)c3cccc(O)c32)cn1.O=C(O)C(F)(F)F. The fourth-order valence-corrected chi connectivity index (χ4v) is 3.03. The van der Waals surface area contributed by atoms with Crippen molar-refractivity contribution < 1.29 is 33.0 Å². The van der Waals surface area contributed by atoms with Crippen LogP contribution in [0, 0.1) is 0 Å². The Kier molecular flexibility index (Phi) is 7.38. The highest BCUT2D eigenvalue weighted by Gasteiger charge is 2.38. The molecule has 0 saturated carbocycles. The van der Waals surface area contributed by atoms with Crippen molar-refractivity contribution in [2.45, 2.75) is 32.0 Å². The van der Waals surface area contributed by atoms with E-state index in [1.54, 1.807) is 23.2 Å². The number of alkyl halides is 3. The highest BCUT2D eigenvalue weighted by molar-refractivity contribution is 6.07. The molecule has 0 saturated heterocycles. The van der Waals surface area contributed by atoms with E-state index in [0.717, 1.165) is 17.7 Å². The van der Waals surface area contributed by atoms with Crippen molar-refractivity contribution >= 4 is 17.6 Å². The second kappa shape index (κ2) is 9.57. The van der Waals surface area contributed by atoms with E-state index in [0.29, 0.717) is 30.3 Å². The number of anilines is 1. The Morgan fingerprint density at radius 1 is 1.27 bits per heavy atom. The van der Waals surface area contributed by atoms with Gasteiger partial charge in [-0.1, -0.05) is 19.1 Å². The molecule has 3 rings (SSSR count). The lowest BCUT2D eigenvalue weighted by atomic mass is 9.90. The molecule has 10 heteroatoms. The number of nitrogens with one attached hydrogen (secondary N) is 1. The van der Waals surface area contributed by atoms with Gasteiger partial charge in [0.25, 0.3) is 5.91 Å². The summed E-state index contributed by atoms with van der Waals surface area (Å²) in [6.45, 7) is 3.39. The number of carboxylic acid groups (broad SMARTS) is 1. The molecule has 1 unspecified atom stereocenters. The maximum absolute atomic E-state index is 12.8. The Bertz CT molecular complexity index is 901. The lowest BCUT2D eigenvalue weighted by Gasteiger charge is -2.33. The Morgan fingerprint density at radius 2 is 1.93 bits per heavy atom. The number of carbonyl (C=O) groups is 2. The first-order chi connectivity index (χ1) is 14.1. The van der Waals surface area contributed by atoms with Crippen LogP contribution in [0.3, 0.4) is 0 Å². The molecule has 0 spiro atoms. The number of phenolic OH excluding ortho intramolecular Hbond substituents is 1. The summed E-state index contributed by atoms with van der Waals surface area (Å²) in [6.07, 6.45) is -2.60. The van der Waals surface area contributed by atoms with E-state index in [-0.39, 0.29) is 11.7 Å². The molecule has 3 N–H and O–H groups in total. The van der Waals surface area contributed by atoms with Crippen LogP contribution < -0.4 is 10.2 Å². The van der Waals surface area contributed by atoms with Gasteiger partial charge in [0.15, 0.2) is 0 Å². The van der Waals surface area contributed by atoms with Gasteiger partial charge >= 0.3 is 12.1 Å². The zero-order valence-electron chi connectivity index (χ0n) is 16.4. The number of pyridine rings is 1. The molecule has 0 fully saturated rings. The summed E-state index contributed by atoms with van der Waals surface area (Å²) in [7, 11) is 1.86. The molecule has 30 heavy (non-hydrogen) atoms. The van der Waals surface area contributed by atoms with E-state index in [1.165, 1.54) is 0 Å². The molecule has 162 valence electrons. The monoisotopic (exact) mass is 425 g/mol. The molecule has 1 aliphatic heterocycles. The highest BCUT2D eigenvalue weighted by atomic mass is 19.4. The molecule has 1 amide bonds. The maximum Gasteiger partial charge on any atom is 0.490 e. The molecular formula is C20H22F3N3O4. The van der Waals surface area contributed by atoms with Gasteiger partial charge in [-0.05, 0) is 43.1 Å². The van der Waals surface area contributed by atoms with Crippen LogP contribution in [-0.2, 0) is 11.3 Å². The number of aliphatic carboxylic acids is 1. The molecule has 0 aliphatic carbocycles. The van der Waals surface area contributed by atoms with Gasteiger partial charge in [-0.15, -0.1) is 0 Å². The van der Waals surface area contributed by atoms with E-state index < -0.39 is 12.1 Å². The van der Waals surface area contributed by atoms with Crippen molar-refractivity contribution in [1.82, 2.24) is 10.3 Å². The fourth-order valence-electron chi connectivity index (χ4n) is 3.03. The summed E-state index contributed by atoms with van der Waals surface area (Å²) >= 11 is 0. The van der Waals surface area contributed by atoms with Crippen LogP contribution in [0.4, 0.5) is 18.9 Å². The van der Waals surface area contributed by atoms with E-state index in [2.05, 4.69) is 17.2 Å². The third-order valence-electron chi connectivity index (χ3n) is 4.55. The fraction of sp³-hybridized carbons (Fsp3) is 0.350. The number of benzene rings is 1. The smallest absolute Gasteiger partial charge is 0.490 e. The first kappa shape index (κ1) is 23.1. The van der Waals surface area contributed by atoms with Crippen LogP contribution in [0.5, 0.6) is 5.75 Å². The van der Waals surface area contributed by atoms with Crippen LogP contribution in [0.25, 0.3) is 0 Å². The molecule has 1 aliphatic rings. The number of hydrogen-bond acceptors (Lipinski definition) is 5. The lowest BCUT2D eigenvalue weighted by Crippen LogP contribution is -2.36. The van der Waals surface area contributed by atoms with Gasteiger partial charge in [-0.25, -0.2) is 4.79 Å². The molecule has 2 heterocycles. The van der Waals surface area contributed by atoms with Gasteiger partial charge in [-0.2, -0.15) is 13.2 Å². The number of nitrogens with zero attached hydrogens (tertiary/aromatic N) is 2. The largest absolute Gasteiger partial charge is 0.506 e. The Balaban J connectivity index is 0.000000396. The molecule has 1 atom stereocenters. The number of carbonyl (C=O) groups excluding carboxylic acids is 1. The second-order valence-corrected chi connectivity index (χ2v) is 6.73. The number of aromatic nitrogens is 1. The zero-order chi connectivity index (χ0) is 22.5. The highest BCUT2D eigenvalue weighted by Crippen LogP contribution is 2.41. The van der Waals surface area contributed by atoms with Crippen molar-refractivity contribution in [3.8, 4) is 5.75 Å². The molecule has 0 radical (unpaired) electrons. The number of aromatic hydroxyl groups is 1. The topological polar surface area (TPSA) is 103 Å². The minimum absolute atomic E-state index is 0.122. The lowest BCUT2D eigenvalue weighted by molar-refractivity contribution is -0.192. The third-order valence-corrected chi connectivity index (χ3v) is 4.55. The first-order valence-electron chi connectivity index (χ1n) is 9.09. The third kappa shape index (κ3) is 5.47. The number of para-hydroxylation sites is 1. The van der Waals surface area contributed by atoms with Crippen molar-refractivity contribution in [3.05, 3.63) is 53.3 Å². The van der Waals surface area contributed by atoms with Gasteiger partial charge in [0.1, 0.15) is 5.75 Å². The van der Waals surface area contributed by atoms with Gasteiger partial charge in [0, 0.05) is 19.3 Å². The second-order valence-electron chi connectivity index (χ2n) is 6.73. The van der Waals surface area contributed by atoms with Gasteiger partial charge < -0.3 is 20.4 Å². The maximum atomic E-state index is 12.8. The van der Waals surface area contributed by atoms with Crippen LogP contribution in [0.1, 0.15) is 40.9 Å². The number of fused-ring (bicyclic) bond motifs is 1. The average Bonchev–Trinajstić information content (AvgIpc) is 2.69. The summed E-state index contributed by atoms with van der Waals surface area (Å²) in [5.41, 5.74) is 3.08. The minimum Gasteiger partial charge on any atom is -0.506 e. The summed E-state index contributed by atoms with van der Waals surface area (Å²) in [5, 5.41) is 20.4. The van der Waals surface area contributed by atoms with Crippen LogP contribution >= 0.6 is 0 Å². The molecule has 7 nitrogen and oxygen atoms in total.